The molecule has 0 saturated carbocycles. The average molecular weight is 295 g/mol. The van der Waals surface area contributed by atoms with E-state index in [1.54, 1.807) is 6.08 Å². The van der Waals surface area contributed by atoms with E-state index in [9.17, 15) is 9.90 Å². The van der Waals surface area contributed by atoms with E-state index in [-0.39, 0.29) is 18.4 Å². The molecule has 1 atom stereocenters. The molecule has 0 aliphatic rings. The molecule has 0 spiro atoms. The molecule has 0 aromatic heterocycles. The van der Waals surface area contributed by atoms with Gasteiger partial charge in [0.05, 0.1) is 6.61 Å². The van der Waals surface area contributed by atoms with Gasteiger partial charge >= 0.3 is 0 Å². The molecular weight excluding hydrogens is 274 g/mol. The van der Waals surface area contributed by atoms with Gasteiger partial charge in [-0.15, -0.1) is 6.58 Å². The Morgan fingerprint density at radius 2 is 1.73 bits per heavy atom. The summed E-state index contributed by atoms with van der Waals surface area (Å²) in [5.74, 6) is -0.0178. The second-order valence-electron chi connectivity index (χ2n) is 5.16. The van der Waals surface area contributed by atoms with Gasteiger partial charge < -0.3 is 10.4 Å². The molecule has 0 heterocycles. The van der Waals surface area contributed by atoms with Gasteiger partial charge in [0.15, 0.2) is 0 Å². The number of aliphatic hydroxyl groups excluding tert-OH is 1. The van der Waals surface area contributed by atoms with Crippen molar-refractivity contribution in [3.05, 3.63) is 83.9 Å². The van der Waals surface area contributed by atoms with Crippen LogP contribution in [0.5, 0.6) is 0 Å². The van der Waals surface area contributed by atoms with Crippen LogP contribution in [0.2, 0.25) is 0 Å². The van der Waals surface area contributed by atoms with Crippen LogP contribution in [0.15, 0.2) is 67.3 Å². The minimum absolute atomic E-state index is 0.00860. The third kappa shape index (κ3) is 4.30. The van der Waals surface area contributed by atoms with Gasteiger partial charge in [0.25, 0.3) is 0 Å². The zero-order chi connectivity index (χ0) is 15.8. The van der Waals surface area contributed by atoms with Crippen LogP contribution in [0.3, 0.4) is 0 Å². The monoisotopic (exact) mass is 295 g/mol. The Morgan fingerprint density at radius 3 is 2.36 bits per heavy atom. The summed E-state index contributed by atoms with van der Waals surface area (Å²) in [6, 6.07) is 17.4. The summed E-state index contributed by atoms with van der Waals surface area (Å²) in [4.78, 5) is 12.1. The third-order valence-corrected chi connectivity index (χ3v) is 3.68. The second kappa shape index (κ2) is 8.15. The summed E-state index contributed by atoms with van der Waals surface area (Å²) < 4.78 is 0. The minimum atomic E-state index is -0.0264. The SMILES string of the molecule is C=CC(CC(=O)NCc1ccccc1CO)c1ccccc1. The van der Waals surface area contributed by atoms with Crippen LogP contribution in [-0.4, -0.2) is 11.0 Å². The predicted octanol–water partition coefficient (Wildman–Crippen LogP) is 3.16. The molecule has 0 bridgehead atoms. The number of amides is 1. The van der Waals surface area contributed by atoms with Crippen molar-refractivity contribution in [3.8, 4) is 0 Å². The van der Waals surface area contributed by atoms with Gasteiger partial charge in [-0.1, -0.05) is 60.7 Å². The van der Waals surface area contributed by atoms with Crippen LogP contribution < -0.4 is 5.32 Å². The van der Waals surface area contributed by atoms with E-state index in [1.807, 2.05) is 54.6 Å². The summed E-state index contributed by atoms with van der Waals surface area (Å²) >= 11 is 0. The van der Waals surface area contributed by atoms with Crippen LogP contribution in [0, 0.1) is 0 Å². The first kappa shape index (κ1) is 16.0. The Morgan fingerprint density at radius 1 is 1.09 bits per heavy atom. The van der Waals surface area contributed by atoms with Gasteiger partial charge in [-0.3, -0.25) is 4.79 Å². The van der Waals surface area contributed by atoms with Crippen molar-refractivity contribution in [2.45, 2.75) is 25.5 Å². The molecule has 114 valence electrons. The van der Waals surface area contributed by atoms with Crippen molar-refractivity contribution in [2.75, 3.05) is 0 Å². The first-order valence-corrected chi connectivity index (χ1v) is 7.36. The quantitative estimate of drug-likeness (QED) is 0.771. The Bertz CT molecular complexity index is 622. The van der Waals surface area contributed by atoms with Crippen LogP contribution in [0.1, 0.15) is 29.0 Å². The lowest BCUT2D eigenvalue weighted by Crippen LogP contribution is -2.24. The number of nitrogens with one attached hydrogen (secondary N) is 1. The zero-order valence-electron chi connectivity index (χ0n) is 12.5. The maximum Gasteiger partial charge on any atom is 0.221 e. The number of rotatable bonds is 7. The van der Waals surface area contributed by atoms with Gasteiger partial charge in [0.2, 0.25) is 5.91 Å². The molecule has 0 aliphatic carbocycles. The van der Waals surface area contributed by atoms with Crippen molar-refractivity contribution in [3.63, 3.8) is 0 Å². The summed E-state index contributed by atoms with van der Waals surface area (Å²) in [6.45, 7) is 4.23. The van der Waals surface area contributed by atoms with Crippen LogP contribution in [0.4, 0.5) is 0 Å². The fourth-order valence-corrected chi connectivity index (χ4v) is 2.39. The smallest absolute Gasteiger partial charge is 0.221 e. The molecule has 2 rings (SSSR count). The predicted molar refractivity (Wildman–Crippen MR) is 88.2 cm³/mol. The fourth-order valence-electron chi connectivity index (χ4n) is 2.39. The fraction of sp³-hybridized carbons (Fsp3) is 0.211. The van der Waals surface area contributed by atoms with Gasteiger partial charge in [-0.25, -0.2) is 0 Å². The number of aliphatic hydroxyl groups is 1. The zero-order valence-corrected chi connectivity index (χ0v) is 12.5. The van der Waals surface area contributed by atoms with E-state index >= 15 is 0 Å². The molecule has 3 nitrogen and oxygen atoms in total. The Labute approximate surface area is 131 Å². The Kier molecular flexibility index (Phi) is 5.92. The van der Waals surface area contributed by atoms with Gasteiger partial charge in [0.1, 0.15) is 0 Å². The van der Waals surface area contributed by atoms with Crippen molar-refractivity contribution in [2.24, 2.45) is 0 Å². The van der Waals surface area contributed by atoms with E-state index < -0.39 is 0 Å². The largest absolute Gasteiger partial charge is 0.392 e. The first-order chi connectivity index (χ1) is 10.7. The van der Waals surface area contributed by atoms with Crippen LogP contribution >= 0.6 is 0 Å². The number of hydrogen-bond donors (Lipinski definition) is 2. The highest BCUT2D eigenvalue weighted by molar-refractivity contribution is 5.77. The van der Waals surface area contributed by atoms with E-state index in [2.05, 4.69) is 11.9 Å². The highest BCUT2D eigenvalue weighted by Crippen LogP contribution is 2.20. The lowest BCUT2D eigenvalue weighted by Gasteiger charge is -2.14. The van der Waals surface area contributed by atoms with Crippen molar-refractivity contribution >= 4 is 5.91 Å². The van der Waals surface area contributed by atoms with E-state index in [4.69, 9.17) is 0 Å². The summed E-state index contributed by atoms with van der Waals surface area (Å²) in [6.07, 6.45) is 2.17. The van der Waals surface area contributed by atoms with Crippen LogP contribution in [0.25, 0.3) is 0 Å². The number of carbonyl (C=O) groups excluding carboxylic acids is 1. The van der Waals surface area contributed by atoms with Gasteiger partial charge in [-0.2, -0.15) is 0 Å². The molecule has 1 unspecified atom stereocenters. The van der Waals surface area contributed by atoms with Gasteiger partial charge in [-0.05, 0) is 16.7 Å². The maximum atomic E-state index is 12.1. The number of carbonyl (C=O) groups is 1. The van der Waals surface area contributed by atoms with E-state index in [1.165, 1.54) is 0 Å². The minimum Gasteiger partial charge on any atom is -0.392 e. The first-order valence-electron chi connectivity index (χ1n) is 7.36. The molecule has 2 N–H and O–H groups in total. The molecule has 2 aromatic carbocycles. The molecule has 0 fully saturated rings. The topological polar surface area (TPSA) is 49.3 Å². The van der Waals surface area contributed by atoms with Gasteiger partial charge in [0, 0.05) is 18.9 Å². The lowest BCUT2D eigenvalue weighted by molar-refractivity contribution is -0.121. The highest BCUT2D eigenvalue weighted by atomic mass is 16.3. The molecule has 3 heteroatoms. The number of benzene rings is 2. The average Bonchev–Trinajstić information content (AvgIpc) is 2.58. The second-order valence-corrected chi connectivity index (χ2v) is 5.16. The van der Waals surface area contributed by atoms with E-state index in [0.717, 1.165) is 16.7 Å². The third-order valence-electron chi connectivity index (χ3n) is 3.68. The normalized spacial score (nSPS) is 11.7. The highest BCUT2D eigenvalue weighted by Gasteiger charge is 2.12. The molecular formula is C19H21NO2. The Hall–Kier alpha value is -2.39. The standard InChI is InChI=1S/C19H21NO2/c1-2-15(16-8-4-3-5-9-16)12-19(22)20-13-17-10-6-7-11-18(17)14-21/h2-11,15,21H,1,12-14H2,(H,20,22). The van der Waals surface area contributed by atoms with Crippen molar-refractivity contribution < 1.29 is 9.90 Å². The molecule has 0 radical (unpaired) electrons. The summed E-state index contributed by atoms with van der Waals surface area (Å²) in [5, 5.41) is 12.2. The van der Waals surface area contributed by atoms with Crippen LogP contribution in [-0.2, 0) is 17.9 Å². The molecule has 0 aliphatic heterocycles. The summed E-state index contributed by atoms with van der Waals surface area (Å²) in [7, 11) is 0. The van der Waals surface area contributed by atoms with E-state index in [0.29, 0.717) is 13.0 Å². The number of allylic oxidation sites excluding steroid dienone is 1. The molecule has 0 saturated heterocycles. The van der Waals surface area contributed by atoms with Crippen molar-refractivity contribution in [1.82, 2.24) is 5.32 Å². The number of hydrogen-bond acceptors (Lipinski definition) is 2. The summed E-state index contributed by atoms with van der Waals surface area (Å²) in [5.41, 5.74) is 2.86. The Balaban J connectivity index is 1.93. The van der Waals surface area contributed by atoms with Crippen molar-refractivity contribution in [1.29, 1.82) is 0 Å². The molecule has 2 aromatic rings. The maximum absolute atomic E-state index is 12.1. The molecule has 22 heavy (non-hydrogen) atoms. The molecule has 1 amide bonds. The lowest BCUT2D eigenvalue weighted by atomic mass is 9.95.